The maximum atomic E-state index is 14.5. The Morgan fingerprint density at radius 3 is 2.34 bits per heavy atom. The van der Waals surface area contributed by atoms with Crippen LogP contribution in [0.4, 0.5) is 17.6 Å². The number of carbonyl (C=O) groups is 1. The fourth-order valence-electron chi connectivity index (χ4n) is 2.69. The van der Waals surface area contributed by atoms with Crippen LogP contribution in [0.5, 0.6) is 0 Å². The molecule has 176 valence electrons. The number of hydrogen-bond donors (Lipinski definition) is 1. The van der Waals surface area contributed by atoms with Gasteiger partial charge in [-0.1, -0.05) is 18.5 Å². The van der Waals surface area contributed by atoms with Gasteiger partial charge in [0.15, 0.2) is 0 Å². The van der Waals surface area contributed by atoms with E-state index in [0.717, 1.165) is 11.4 Å². The first kappa shape index (κ1) is 25.5. The van der Waals surface area contributed by atoms with Crippen molar-refractivity contribution in [2.24, 2.45) is 7.05 Å². The molecule has 0 fully saturated rings. The molecule has 15 heteroatoms. The number of carbonyl (C=O) groups excluding carboxylic acids is 1. The minimum atomic E-state index is -5.03. The number of benzene rings is 1. The second kappa shape index (κ2) is 9.03. The van der Waals surface area contributed by atoms with E-state index >= 15 is 0 Å². The molecule has 0 bridgehead atoms. The summed E-state index contributed by atoms with van der Waals surface area (Å²) in [6, 6.07) is 1.20. The van der Waals surface area contributed by atoms with Gasteiger partial charge in [0.1, 0.15) is 11.5 Å². The predicted molar refractivity (Wildman–Crippen MR) is 107 cm³/mol. The smallest absolute Gasteiger partial charge is 0.292 e. The second-order valence-corrected chi connectivity index (χ2v) is 8.77. The van der Waals surface area contributed by atoms with Crippen LogP contribution >= 0.6 is 11.6 Å². The van der Waals surface area contributed by atoms with E-state index in [-0.39, 0.29) is 21.7 Å². The Morgan fingerprint density at radius 2 is 1.81 bits per heavy atom. The molecule has 2 aromatic rings. The molecule has 0 unspecified atom stereocenters. The Kier molecular flexibility index (Phi) is 7.21. The van der Waals surface area contributed by atoms with E-state index in [4.69, 9.17) is 11.6 Å². The number of aromatic nitrogens is 2. The Labute approximate surface area is 184 Å². The van der Waals surface area contributed by atoms with E-state index in [1.165, 1.54) is 7.05 Å². The molecule has 1 heterocycles. The van der Waals surface area contributed by atoms with E-state index in [1.807, 2.05) is 0 Å². The summed E-state index contributed by atoms with van der Waals surface area (Å²) in [5.41, 5.74) is -6.17. The zero-order chi connectivity index (χ0) is 24.6. The van der Waals surface area contributed by atoms with Crippen molar-refractivity contribution in [1.29, 1.82) is 0 Å². The molecule has 32 heavy (non-hydrogen) atoms. The highest BCUT2D eigenvalue weighted by Crippen LogP contribution is 2.27. The van der Waals surface area contributed by atoms with Gasteiger partial charge < -0.3 is 0 Å². The molecule has 0 aliphatic heterocycles. The van der Waals surface area contributed by atoms with Gasteiger partial charge in [0, 0.05) is 26.7 Å². The van der Waals surface area contributed by atoms with Gasteiger partial charge in [0.2, 0.25) is 0 Å². The quantitative estimate of drug-likeness (QED) is 0.607. The van der Waals surface area contributed by atoms with Crippen molar-refractivity contribution in [3.05, 3.63) is 61.1 Å². The monoisotopic (exact) mass is 500 g/mol. The number of rotatable bonds is 6. The van der Waals surface area contributed by atoms with Crippen LogP contribution in [0.3, 0.4) is 0 Å². The Morgan fingerprint density at radius 1 is 1.22 bits per heavy atom. The van der Waals surface area contributed by atoms with Crippen LogP contribution < -0.4 is 16.0 Å². The summed E-state index contributed by atoms with van der Waals surface area (Å²) in [4.78, 5) is 37.1. The fourth-order valence-corrected chi connectivity index (χ4v) is 3.85. The molecule has 0 radical (unpaired) electrons. The third-order valence-electron chi connectivity index (χ3n) is 4.30. The number of halogens is 5. The highest BCUT2D eigenvalue weighted by Gasteiger charge is 2.35. The minimum absolute atomic E-state index is 0.0649. The average molecular weight is 501 g/mol. The lowest BCUT2D eigenvalue weighted by Gasteiger charge is -2.18. The second-order valence-electron chi connectivity index (χ2n) is 6.58. The highest BCUT2D eigenvalue weighted by atomic mass is 35.5. The third-order valence-corrected chi connectivity index (χ3v) is 6.06. The van der Waals surface area contributed by atoms with Crippen LogP contribution in [0, 0.1) is 5.82 Å². The topological polar surface area (TPSA) is 110 Å². The summed E-state index contributed by atoms with van der Waals surface area (Å²) < 4.78 is 80.6. The summed E-state index contributed by atoms with van der Waals surface area (Å²) in [7, 11) is -2.38. The lowest BCUT2D eigenvalue weighted by Crippen LogP contribution is -2.42. The lowest BCUT2D eigenvalue weighted by atomic mass is 10.1. The molecular formula is C17H17ClF4N4O5S. The summed E-state index contributed by atoms with van der Waals surface area (Å²) in [6.45, 7) is 1.77. The number of nitrogens with zero attached hydrogens (tertiary/aromatic N) is 3. The van der Waals surface area contributed by atoms with Crippen molar-refractivity contribution in [2.45, 2.75) is 19.5 Å². The van der Waals surface area contributed by atoms with Crippen LogP contribution in [0.1, 0.15) is 29.4 Å². The summed E-state index contributed by atoms with van der Waals surface area (Å²) >= 11 is 5.82. The van der Waals surface area contributed by atoms with Crippen molar-refractivity contribution < 1.29 is 30.8 Å². The first-order valence-corrected chi connectivity index (χ1v) is 10.6. The van der Waals surface area contributed by atoms with Gasteiger partial charge in [0.05, 0.1) is 16.3 Å². The molecule has 9 nitrogen and oxygen atoms in total. The average Bonchev–Trinajstić information content (AvgIpc) is 2.65. The zero-order valence-corrected chi connectivity index (χ0v) is 18.4. The Hall–Kier alpha value is -2.71. The molecule has 0 spiro atoms. The van der Waals surface area contributed by atoms with Gasteiger partial charge in [-0.05, 0) is 18.6 Å². The van der Waals surface area contributed by atoms with Crippen molar-refractivity contribution in [3.63, 3.8) is 0 Å². The Balaban J connectivity index is 2.65. The molecular weight excluding hydrogens is 484 g/mol. The first-order chi connectivity index (χ1) is 14.6. The number of hydrogen-bond acceptors (Lipinski definition) is 5. The van der Waals surface area contributed by atoms with E-state index in [9.17, 15) is 40.4 Å². The third kappa shape index (κ3) is 5.02. The zero-order valence-electron chi connectivity index (χ0n) is 16.8. The fraction of sp³-hybridized carbons (Fsp3) is 0.353. The van der Waals surface area contributed by atoms with Crippen LogP contribution in [0.25, 0.3) is 5.69 Å². The van der Waals surface area contributed by atoms with Crippen LogP contribution in [-0.2, 0) is 23.4 Å². The van der Waals surface area contributed by atoms with Gasteiger partial charge in [0.25, 0.3) is 11.5 Å². The van der Waals surface area contributed by atoms with Gasteiger partial charge in [-0.3, -0.25) is 14.2 Å². The number of nitrogens with one attached hydrogen (secondary N) is 1. The summed E-state index contributed by atoms with van der Waals surface area (Å²) in [6.07, 6.45) is -4.60. The van der Waals surface area contributed by atoms with Crippen molar-refractivity contribution in [1.82, 2.24) is 18.2 Å². The van der Waals surface area contributed by atoms with Gasteiger partial charge in [-0.25, -0.2) is 18.5 Å². The van der Waals surface area contributed by atoms with Gasteiger partial charge >= 0.3 is 22.1 Å². The van der Waals surface area contributed by atoms with E-state index in [2.05, 4.69) is 0 Å². The molecule has 1 N–H and O–H groups in total. The minimum Gasteiger partial charge on any atom is -0.292 e. The molecule has 0 atom stereocenters. The number of amides is 1. The molecule has 0 aliphatic rings. The molecule has 2 rings (SSSR count). The largest absolute Gasteiger partial charge is 0.431 e. The van der Waals surface area contributed by atoms with E-state index < -0.39 is 61.3 Å². The van der Waals surface area contributed by atoms with Crippen molar-refractivity contribution in [3.8, 4) is 5.69 Å². The molecule has 0 aliphatic carbocycles. The normalized spacial score (nSPS) is 12.3. The standard InChI is InChI=1S/C17H17ClF4N4O5S/c1-4-5-24(2)32(30,31)23-15(28)9-6-12(11(19)7-10(9)18)26-14(27)8-13(17(20,21)22)25(3)16(26)29/h6-8H,4-5H2,1-3H3,(H,23,28). The van der Waals surface area contributed by atoms with E-state index in [1.54, 1.807) is 11.6 Å². The van der Waals surface area contributed by atoms with Crippen molar-refractivity contribution in [2.75, 3.05) is 13.6 Å². The molecule has 1 amide bonds. The van der Waals surface area contributed by atoms with Crippen LogP contribution in [0.2, 0.25) is 5.02 Å². The lowest BCUT2D eigenvalue weighted by molar-refractivity contribution is -0.144. The highest BCUT2D eigenvalue weighted by molar-refractivity contribution is 7.87. The molecule has 0 saturated heterocycles. The van der Waals surface area contributed by atoms with Crippen molar-refractivity contribution >= 4 is 27.7 Å². The Bertz CT molecular complexity index is 1290. The van der Waals surface area contributed by atoms with Gasteiger partial charge in [-0.15, -0.1) is 0 Å². The predicted octanol–water partition coefficient (Wildman–Crippen LogP) is 1.66. The van der Waals surface area contributed by atoms with Crippen LogP contribution in [-0.4, -0.2) is 41.4 Å². The first-order valence-electron chi connectivity index (χ1n) is 8.80. The summed E-state index contributed by atoms with van der Waals surface area (Å²) in [5, 5.41) is -0.561. The molecule has 0 saturated carbocycles. The van der Waals surface area contributed by atoms with Gasteiger partial charge in [-0.2, -0.15) is 25.9 Å². The molecule has 1 aromatic carbocycles. The SMILES string of the molecule is CCCN(C)S(=O)(=O)NC(=O)c1cc(-n2c(=O)cc(C(F)(F)F)n(C)c2=O)c(F)cc1Cl. The summed E-state index contributed by atoms with van der Waals surface area (Å²) in [5.74, 6) is -2.62. The molecule has 1 aromatic heterocycles. The number of alkyl halides is 3. The van der Waals surface area contributed by atoms with E-state index in [0.29, 0.717) is 18.6 Å². The maximum absolute atomic E-state index is 14.5. The maximum Gasteiger partial charge on any atom is 0.431 e. The van der Waals surface area contributed by atoms with Crippen LogP contribution in [0.15, 0.2) is 27.8 Å².